The minimum absolute atomic E-state index is 0.0596. The van der Waals surface area contributed by atoms with E-state index in [1.165, 1.54) is 5.56 Å². The summed E-state index contributed by atoms with van der Waals surface area (Å²) >= 11 is 0. The number of benzene rings is 3. The van der Waals surface area contributed by atoms with Crippen LogP contribution in [0, 0.1) is 0 Å². The molecular formula is C30H31N5O2. The molecule has 1 aliphatic heterocycles. The van der Waals surface area contributed by atoms with Gasteiger partial charge in [0.1, 0.15) is 11.8 Å². The number of ether oxygens (including phenoxy) is 1. The number of rotatable bonds is 5. The third kappa shape index (κ3) is 4.72. The Morgan fingerprint density at radius 2 is 1.65 bits per heavy atom. The molecule has 7 nitrogen and oxygen atoms in total. The Labute approximate surface area is 217 Å². The van der Waals surface area contributed by atoms with E-state index in [2.05, 4.69) is 55.7 Å². The molecule has 7 heteroatoms. The summed E-state index contributed by atoms with van der Waals surface area (Å²) in [5.74, 6) is 1.55. The minimum atomic E-state index is -0.456. The highest BCUT2D eigenvalue weighted by atomic mass is 16.5. The minimum Gasteiger partial charge on any atom is -0.495 e. The van der Waals surface area contributed by atoms with Crippen molar-refractivity contribution in [2.24, 2.45) is 0 Å². The van der Waals surface area contributed by atoms with Crippen molar-refractivity contribution >= 4 is 17.5 Å². The lowest BCUT2D eigenvalue weighted by Crippen LogP contribution is -2.31. The summed E-state index contributed by atoms with van der Waals surface area (Å²) in [4.78, 5) is 18.5. The van der Waals surface area contributed by atoms with Gasteiger partial charge < -0.3 is 15.4 Å². The first-order valence-electron chi connectivity index (χ1n) is 12.3. The maximum atomic E-state index is 13.7. The lowest BCUT2D eigenvalue weighted by molar-refractivity contribution is -0.113. The van der Waals surface area contributed by atoms with E-state index in [1.807, 2.05) is 61.5 Å². The Bertz CT molecular complexity index is 1460. The number of hydrogen-bond donors (Lipinski definition) is 2. The van der Waals surface area contributed by atoms with Crippen molar-refractivity contribution in [1.29, 1.82) is 0 Å². The van der Waals surface area contributed by atoms with Crippen LogP contribution in [0.1, 0.15) is 44.9 Å². The topological polar surface area (TPSA) is 81.1 Å². The number of amides is 1. The third-order valence-corrected chi connectivity index (χ3v) is 6.58. The highest BCUT2D eigenvalue weighted by Crippen LogP contribution is 2.37. The Kier molecular flexibility index (Phi) is 6.29. The van der Waals surface area contributed by atoms with E-state index in [-0.39, 0.29) is 11.3 Å². The average Bonchev–Trinajstić information content (AvgIpc) is 3.31. The van der Waals surface area contributed by atoms with Gasteiger partial charge in [-0.3, -0.25) is 4.79 Å². The van der Waals surface area contributed by atoms with Gasteiger partial charge in [0.15, 0.2) is 5.82 Å². The van der Waals surface area contributed by atoms with E-state index in [9.17, 15) is 4.79 Å². The second-order valence-corrected chi connectivity index (χ2v) is 10.2. The lowest BCUT2D eigenvalue weighted by Gasteiger charge is -2.28. The molecule has 0 fully saturated rings. The molecule has 2 heterocycles. The molecular weight excluding hydrogens is 462 g/mol. The van der Waals surface area contributed by atoms with Crippen LogP contribution in [0.4, 0.5) is 11.6 Å². The molecule has 1 atom stereocenters. The summed E-state index contributed by atoms with van der Waals surface area (Å²) in [5.41, 5.74) is 5.04. The summed E-state index contributed by atoms with van der Waals surface area (Å²) in [6, 6.07) is 25.1. The van der Waals surface area contributed by atoms with Crippen LogP contribution in [-0.2, 0) is 10.2 Å². The third-order valence-electron chi connectivity index (χ3n) is 6.58. The number of fused-ring (bicyclic) bond motifs is 1. The normalized spacial score (nSPS) is 15.1. The van der Waals surface area contributed by atoms with Gasteiger partial charge in [-0.15, -0.1) is 5.10 Å². The molecule has 1 aliphatic rings. The molecule has 1 aromatic heterocycles. The van der Waals surface area contributed by atoms with Crippen molar-refractivity contribution in [3.05, 3.63) is 101 Å². The van der Waals surface area contributed by atoms with Gasteiger partial charge in [-0.1, -0.05) is 87.5 Å². The average molecular weight is 494 g/mol. The van der Waals surface area contributed by atoms with Crippen molar-refractivity contribution in [1.82, 2.24) is 14.8 Å². The van der Waals surface area contributed by atoms with Gasteiger partial charge in [-0.2, -0.15) is 4.98 Å². The van der Waals surface area contributed by atoms with E-state index in [0.717, 1.165) is 16.8 Å². The van der Waals surface area contributed by atoms with E-state index >= 15 is 0 Å². The molecule has 0 saturated heterocycles. The number of carbonyl (C=O) groups is 1. The summed E-state index contributed by atoms with van der Waals surface area (Å²) in [6.07, 6.45) is 0. The Morgan fingerprint density at radius 3 is 2.32 bits per heavy atom. The number of hydrogen-bond acceptors (Lipinski definition) is 5. The van der Waals surface area contributed by atoms with Crippen molar-refractivity contribution in [3.63, 3.8) is 0 Å². The highest BCUT2D eigenvalue weighted by Gasteiger charge is 2.34. The molecule has 0 radical (unpaired) electrons. The van der Waals surface area contributed by atoms with Crippen LogP contribution in [0.5, 0.6) is 5.75 Å². The van der Waals surface area contributed by atoms with Crippen LogP contribution in [0.25, 0.3) is 11.4 Å². The first kappa shape index (κ1) is 24.3. The van der Waals surface area contributed by atoms with E-state index in [4.69, 9.17) is 14.8 Å². The van der Waals surface area contributed by atoms with Crippen molar-refractivity contribution < 1.29 is 9.53 Å². The maximum Gasteiger partial charge on any atom is 0.255 e. The Balaban J connectivity index is 1.55. The molecule has 0 bridgehead atoms. The Morgan fingerprint density at radius 1 is 0.973 bits per heavy atom. The standard InChI is InChI=1S/C30H31N5O2/c1-19-25(28(36)32-23-13-9-10-14-24(23)37-5)26(20-11-7-6-8-12-20)35-29(31-19)33-27(34-35)21-15-17-22(18-16-21)30(2,3)4/h6-18,26H,1-5H3,(H,32,36)(H,31,33,34). The smallest absolute Gasteiger partial charge is 0.255 e. The second kappa shape index (κ2) is 9.58. The van der Waals surface area contributed by atoms with E-state index in [1.54, 1.807) is 11.8 Å². The predicted octanol–water partition coefficient (Wildman–Crippen LogP) is 6.18. The molecule has 1 unspecified atom stereocenters. The molecule has 188 valence electrons. The largest absolute Gasteiger partial charge is 0.495 e. The van der Waals surface area contributed by atoms with Crippen LogP contribution in [0.15, 0.2) is 90.1 Å². The molecule has 0 aliphatic carbocycles. The number of allylic oxidation sites excluding steroid dienone is 1. The number of nitrogens with one attached hydrogen (secondary N) is 2. The summed E-state index contributed by atoms with van der Waals surface area (Å²) in [6.45, 7) is 8.46. The summed E-state index contributed by atoms with van der Waals surface area (Å²) in [7, 11) is 1.59. The number of anilines is 2. The number of methoxy groups -OCH3 is 1. The summed E-state index contributed by atoms with van der Waals surface area (Å²) < 4.78 is 7.23. The highest BCUT2D eigenvalue weighted by molar-refractivity contribution is 6.06. The SMILES string of the molecule is COc1ccccc1NC(=O)C1=C(C)Nc2nc(-c3ccc(C(C)(C)C)cc3)nn2C1c1ccccc1. The second-order valence-electron chi connectivity index (χ2n) is 10.2. The lowest BCUT2D eigenvalue weighted by atomic mass is 9.87. The van der Waals surface area contributed by atoms with Crippen LogP contribution in [0.2, 0.25) is 0 Å². The maximum absolute atomic E-state index is 13.7. The van der Waals surface area contributed by atoms with Crippen molar-refractivity contribution in [2.45, 2.75) is 39.2 Å². The number of carbonyl (C=O) groups excluding carboxylic acids is 1. The van der Waals surface area contributed by atoms with Gasteiger partial charge in [-0.05, 0) is 35.6 Å². The van der Waals surface area contributed by atoms with Gasteiger partial charge in [0.2, 0.25) is 5.95 Å². The molecule has 1 amide bonds. The van der Waals surface area contributed by atoms with E-state index in [0.29, 0.717) is 28.8 Å². The zero-order chi connectivity index (χ0) is 26.2. The number of aromatic nitrogens is 3. The van der Waals surface area contributed by atoms with Gasteiger partial charge in [0, 0.05) is 11.3 Å². The van der Waals surface area contributed by atoms with Gasteiger partial charge in [0.05, 0.1) is 18.4 Å². The van der Waals surface area contributed by atoms with Crippen molar-refractivity contribution in [2.75, 3.05) is 17.7 Å². The molecule has 0 saturated carbocycles. The quantitative estimate of drug-likeness (QED) is 0.347. The molecule has 2 N–H and O–H groups in total. The monoisotopic (exact) mass is 493 g/mol. The zero-order valence-electron chi connectivity index (χ0n) is 21.7. The fourth-order valence-electron chi connectivity index (χ4n) is 4.57. The first-order chi connectivity index (χ1) is 17.8. The predicted molar refractivity (Wildman–Crippen MR) is 147 cm³/mol. The fraction of sp³-hybridized carbons (Fsp3) is 0.233. The molecule has 5 rings (SSSR count). The van der Waals surface area contributed by atoms with Crippen molar-refractivity contribution in [3.8, 4) is 17.1 Å². The summed E-state index contributed by atoms with van der Waals surface area (Å²) in [5, 5.41) is 11.2. The molecule has 4 aromatic rings. The molecule has 3 aromatic carbocycles. The van der Waals surface area contributed by atoms with Crippen LogP contribution in [-0.4, -0.2) is 27.8 Å². The van der Waals surface area contributed by atoms with Crippen LogP contribution < -0.4 is 15.4 Å². The molecule has 37 heavy (non-hydrogen) atoms. The first-order valence-corrected chi connectivity index (χ1v) is 12.3. The number of nitrogens with zero attached hydrogens (tertiary/aromatic N) is 3. The van der Waals surface area contributed by atoms with Crippen LogP contribution >= 0.6 is 0 Å². The molecule has 0 spiro atoms. The van der Waals surface area contributed by atoms with Gasteiger partial charge >= 0.3 is 0 Å². The van der Waals surface area contributed by atoms with Crippen LogP contribution in [0.3, 0.4) is 0 Å². The zero-order valence-corrected chi connectivity index (χ0v) is 21.7. The number of para-hydroxylation sites is 2. The van der Waals surface area contributed by atoms with Gasteiger partial charge in [0.25, 0.3) is 5.91 Å². The van der Waals surface area contributed by atoms with E-state index < -0.39 is 6.04 Å². The Hall–Kier alpha value is -4.39. The fourth-order valence-corrected chi connectivity index (χ4v) is 4.57. The van der Waals surface area contributed by atoms with Gasteiger partial charge in [-0.25, -0.2) is 4.68 Å².